The predicted octanol–water partition coefficient (Wildman–Crippen LogP) is -0.306. The van der Waals surface area contributed by atoms with E-state index in [4.69, 9.17) is 9.84 Å². The van der Waals surface area contributed by atoms with Gasteiger partial charge in [0.15, 0.2) is 5.88 Å². The van der Waals surface area contributed by atoms with Crippen LogP contribution in [-0.2, 0) is 9.53 Å². The van der Waals surface area contributed by atoms with Gasteiger partial charge in [-0.25, -0.2) is 0 Å². The van der Waals surface area contributed by atoms with Crippen LogP contribution in [-0.4, -0.2) is 46.9 Å². The number of aliphatic hydroxyl groups is 2. The average molecular weight is 215 g/mol. The topological polar surface area (TPSA) is 70.0 Å². The summed E-state index contributed by atoms with van der Waals surface area (Å²) in [4.78, 5) is 12.5. The summed E-state index contributed by atoms with van der Waals surface area (Å²) in [5, 5.41) is 18.6. The number of nitrogens with zero attached hydrogens (tertiary/aromatic N) is 1. The van der Waals surface area contributed by atoms with Crippen LogP contribution in [0.15, 0.2) is 12.0 Å². The number of ether oxygens (including phenoxy) is 1. The Balaban J connectivity index is 2.83. The van der Waals surface area contributed by atoms with E-state index in [2.05, 4.69) is 0 Å². The number of rotatable bonds is 2. The van der Waals surface area contributed by atoms with Gasteiger partial charge < -0.3 is 14.9 Å². The highest BCUT2D eigenvalue weighted by molar-refractivity contribution is 5.74. The van der Waals surface area contributed by atoms with Crippen molar-refractivity contribution in [2.45, 2.75) is 26.1 Å². The van der Waals surface area contributed by atoms with Crippen molar-refractivity contribution in [2.75, 3.05) is 13.7 Å². The van der Waals surface area contributed by atoms with Crippen molar-refractivity contribution in [1.29, 1.82) is 0 Å². The second-order valence-electron chi connectivity index (χ2n) is 3.77. The Morgan fingerprint density at radius 1 is 1.67 bits per heavy atom. The fraction of sp³-hybridized carbons (Fsp3) is 0.700. The van der Waals surface area contributed by atoms with E-state index in [1.54, 1.807) is 13.1 Å². The summed E-state index contributed by atoms with van der Waals surface area (Å²) in [5.74, 6) is 0.0913. The van der Waals surface area contributed by atoms with Gasteiger partial charge in [-0.05, 0) is 6.08 Å². The first kappa shape index (κ1) is 12.0. The molecule has 5 nitrogen and oxygen atoms in total. The molecule has 1 aliphatic heterocycles. The molecule has 0 aromatic rings. The van der Waals surface area contributed by atoms with Gasteiger partial charge in [-0.15, -0.1) is 0 Å². The molecule has 0 bridgehead atoms. The van der Waals surface area contributed by atoms with Crippen molar-refractivity contribution in [1.82, 2.24) is 4.90 Å². The van der Waals surface area contributed by atoms with Crippen LogP contribution < -0.4 is 0 Å². The van der Waals surface area contributed by atoms with Crippen molar-refractivity contribution in [3.63, 3.8) is 0 Å². The molecule has 0 aliphatic carbocycles. The molecule has 0 aromatic carbocycles. The molecule has 0 aromatic heterocycles. The molecule has 0 saturated carbocycles. The third-order valence-electron chi connectivity index (χ3n) is 2.58. The fourth-order valence-electron chi connectivity index (χ4n) is 1.42. The molecule has 1 aliphatic rings. The van der Waals surface area contributed by atoms with E-state index in [0.29, 0.717) is 5.88 Å². The molecule has 5 heteroatoms. The van der Waals surface area contributed by atoms with Crippen LogP contribution in [0.2, 0.25) is 0 Å². The molecule has 0 radical (unpaired) electrons. The summed E-state index contributed by atoms with van der Waals surface area (Å²) in [5.41, 5.74) is 0. The third kappa shape index (κ3) is 2.49. The summed E-state index contributed by atoms with van der Waals surface area (Å²) >= 11 is 0. The lowest BCUT2D eigenvalue weighted by Gasteiger charge is -2.34. The number of amides is 1. The Hall–Kier alpha value is -1.07. The molecule has 86 valence electrons. The molecule has 0 saturated heterocycles. The molecule has 3 unspecified atom stereocenters. The van der Waals surface area contributed by atoms with Gasteiger partial charge in [0.1, 0.15) is 6.10 Å². The van der Waals surface area contributed by atoms with E-state index in [1.165, 1.54) is 11.8 Å². The maximum atomic E-state index is 11.1. The van der Waals surface area contributed by atoms with Crippen LogP contribution in [0.4, 0.5) is 0 Å². The number of carbonyl (C=O) groups is 1. The van der Waals surface area contributed by atoms with E-state index in [9.17, 15) is 9.90 Å². The van der Waals surface area contributed by atoms with Gasteiger partial charge in [-0.1, -0.05) is 6.92 Å². The van der Waals surface area contributed by atoms with Gasteiger partial charge >= 0.3 is 0 Å². The molecular formula is C10H17NO4. The minimum absolute atomic E-state index is 0.146. The van der Waals surface area contributed by atoms with Gasteiger partial charge in [-0.3, -0.25) is 9.69 Å². The highest BCUT2D eigenvalue weighted by Crippen LogP contribution is 2.23. The molecule has 0 fully saturated rings. The van der Waals surface area contributed by atoms with Gasteiger partial charge in [0, 0.05) is 19.9 Å². The number of hydrogen-bond donors (Lipinski definition) is 2. The molecule has 2 N–H and O–H groups in total. The first-order valence-corrected chi connectivity index (χ1v) is 4.89. The Morgan fingerprint density at radius 3 is 2.73 bits per heavy atom. The maximum absolute atomic E-state index is 11.1. The zero-order valence-corrected chi connectivity index (χ0v) is 9.17. The lowest BCUT2D eigenvalue weighted by molar-refractivity contribution is -0.133. The van der Waals surface area contributed by atoms with Crippen molar-refractivity contribution in [2.24, 2.45) is 5.92 Å². The van der Waals surface area contributed by atoms with E-state index in [-0.39, 0.29) is 18.4 Å². The number of carbonyl (C=O) groups excluding carboxylic acids is 1. The fourth-order valence-corrected chi connectivity index (χ4v) is 1.42. The molecule has 3 atom stereocenters. The molecule has 1 amide bonds. The van der Waals surface area contributed by atoms with Crippen molar-refractivity contribution in [3.05, 3.63) is 12.0 Å². The van der Waals surface area contributed by atoms with Crippen LogP contribution in [0.25, 0.3) is 0 Å². The molecule has 0 spiro atoms. The zero-order chi connectivity index (χ0) is 11.6. The van der Waals surface area contributed by atoms with Gasteiger partial charge in [0.25, 0.3) is 0 Å². The second-order valence-corrected chi connectivity index (χ2v) is 3.77. The molecule has 1 heterocycles. The lowest BCUT2D eigenvalue weighted by atomic mass is 9.97. The summed E-state index contributed by atoms with van der Waals surface area (Å²) in [6, 6.07) is 0. The number of hydrogen-bond acceptors (Lipinski definition) is 4. The number of aliphatic hydroxyl groups excluding tert-OH is 2. The summed E-state index contributed by atoms with van der Waals surface area (Å²) in [6.45, 7) is 2.96. The average Bonchev–Trinajstić information content (AvgIpc) is 2.20. The van der Waals surface area contributed by atoms with Crippen LogP contribution >= 0.6 is 0 Å². The van der Waals surface area contributed by atoms with Crippen LogP contribution in [0.5, 0.6) is 0 Å². The van der Waals surface area contributed by atoms with E-state index in [1.807, 2.05) is 6.92 Å². The monoisotopic (exact) mass is 215 g/mol. The Labute approximate surface area is 89.0 Å². The summed E-state index contributed by atoms with van der Waals surface area (Å²) < 4.78 is 5.31. The summed E-state index contributed by atoms with van der Waals surface area (Å²) in [6.07, 6.45) is 0.277. The van der Waals surface area contributed by atoms with E-state index < -0.39 is 12.2 Å². The Bertz CT molecular complexity index is 277. The van der Waals surface area contributed by atoms with Crippen LogP contribution in [0.3, 0.4) is 0 Å². The first-order valence-electron chi connectivity index (χ1n) is 4.89. The SMILES string of the molecule is CC(=O)N(C)C1=CC(C)C(O)C(CO)O1. The normalized spacial score (nSPS) is 30.5. The lowest BCUT2D eigenvalue weighted by Crippen LogP contribution is -2.43. The highest BCUT2D eigenvalue weighted by Gasteiger charge is 2.32. The smallest absolute Gasteiger partial charge is 0.225 e. The van der Waals surface area contributed by atoms with Crippen LogP contribution in [0.1, 0.15) is 13.8 Å². The molecule has 15 heavy (non-hydrogen) atoms. The van der Waals surface area contributed by atoms with Gasteiger partial charge in [-0.2, -0.15) is 0 Å². The predicted molar refractivity (Wildman–Crippen MR) is 53.7 cm³/mol. The zero-order valence-electron chi connectivity index (χ0n) is 9.17. The highest BCUT2D eigenvalue weighted by atomic mass is 16.5. The quantitative estimate of drug-likeness (QED) is 0.663. The van der Waals surface area contributed by atoms with Crippen molar-refractivity contribution in [3.8, 4) is 0 Å². The third-order valence-corrected chi connectivity index (χ3v) is 2.58. The minimum atomic E-state index is -0.737. The molecule has 1 rings (SSSR count). The van der Waals surface area contributed by atoms with Gasteiger partial charge in [0.2, 0.25) is 5.91 Å². The maximum Gasteiger partial charge on any atom is 0.225 e. The summed E-state index contributed by atoms with van der Waals surface area (Å²) in [7, 11) is 1.59. The Morgan fingerprint density at radius 2 is 2.27 bits per heavy atom. The minimum Gasteiger partial charge on any atom is -0.470 e. The van der Waals surface area contributed by atoms with Crippen LogP contribution in [0, 0.1) is 5.92 Å². The van der Waals surface area contributed by atoms with E-state index >= 15 is 0 Å². The van der Waals surface area contributed by atoms with Gasteiger partial charge in [0.05, 0.1) is 12.7 Å². The largest absolute Gasteiger partial charge is 0.470 e. The van der Waals surface area contributed by atoms with Crippen molar-refractivity contribution >= 4 is 5.91 Å². The second kappa shape index (κ2) is 4.63. The van der Waals surface area contributed by atoms with Crippen molar-refractivity contribution < 1.29 is 19.7 Å². The first-order chi connectivity index (χ1) is 6.97. The standard InChI is InChI=1S/C10H17NO4/c1-6-4-9(11(3)7(2)13)15-8(5-12)10(6)14/h4,6,8,10,12,14H,5H2,1-3H3. The molecular weight excluding hydrogens is 198 g/mol. The van der Waals surface area contributed by atoms with E-state index in [0.717, 1.165) is 0 Å². The Kier molecular flexibility index (Phi) is 3.71.